The van der Waals surface area contributed by atoms with E-state index in [2.05, 4.69) is 20.6 Å². The number of thiophene rings is 1. The van der Waals surface area contributed by atoms with Crippen molar-refractivity contribution in [2.45, 2.75) is 20.8 Å². The Bertz CT molecular complexity index is 1130. The number of rotatable bonds is 5. The zero-order valence-corrected chi connectivity index (χ0v) is 17.0. The minimum Gasteiger partial charge on any atom is -0.438 e. The summed E-state index contributed by atoms with van der Waals surface area (Å²) in [4.78, 5) is 12.1. The Morgan fingerprint density at radius 3 is 2.41 bits per heavy atom. The zero-order chi connectivity index (χ0) is 20.4. The average Bonchev–Trinajstić information content (AvgIpc) is 3.35. The highest BCUT2D eigenvalue weighted by Gasteiger charge is 2.11. The molecule has 3 heterocycles. The molecular formula is C21H19N5O2S. The highest BCUT2D eigenvalue weighted by molar-refractivity contribution is 7.08. The second kappa shape index (κ2) is 7.84. The van der Waals surface area contributed by atoms with E-state index in [-0.39, 0.29) is 5.91 Å². The van der Waals surface area contributed by atoms with Crippen LogP contribution >= 0.6 is 11.3 Å². The van der Waals surface area contributed by atoms with Gasteiger partial charge in [-0.1, -0.05) is 0 Å². The summed E-state index contributed by atoms with van der Waals surface area (Å²) in [5.74, 6) is 1.47. The third kappa shape index (κ3) is 4.02. The molecule has 0 saturated carbocycles. The van der Waals surface area contributed by atoms with Crippen molar-refractivity contribution in [1.29, 1.82) is 0 Å². The van der Waals surface area contributed by atoms with Crippen molar-refractivity contribution in [3.05, 3.63) is 75.7 Å². The Hall–Kier alpha value is -3.52. The van der Waals surface area contributed by atoms with E-state index in [1.807, 2.05) is 37.6 Å². The Labute approximate surface area is 172 Å². The summed E-state index contributed by atoms with van der Waals surface area (Å²) in [5, 5.41) is 19.4. The van der Waals surface area contributed by atoms with Crippen LogP contribution in [0.1, 0.15) is 27.3 Å². The molecule has 3 aromatic heterocycles. The Morgan fingerprint density at radius 1 is 1.03 bits per heavy atom. The van der Waals surface area contributed by atoms with Crippen LogP contribution in [0.25, 0.3) is 5.82 Å². The summed E-state index contributed by atoms with van der Waals surface area (Å²) < 4.78 is 7.52. The van der Waals surface area contributed by atoms with E-state index >= 15 is 0 Å². The number of nitrogens with zero attached hydrogens (tertiary/aromatic N) is 4. The molecule has 29 heavy (non-hydrogen) atoms. The van der Waals surface area contributed by atoms with Gasteiger partial charge in [0.15, 0.2) is 5.82 Å². The fourth-order valence-electron chi connectivity index (χ4n) is 2.75. The average molecular weight is 405 g/mol. The normalized spacial score (nSPS) is 10.7. The molecule has 0 atom stereocenters. The first-order valence-electron chi connectivity index (χ1n) is 8.99. The van der Waals surface area contributed by atoms with Gasteiger partial charge in [0.2, 0.25) is 5.88 Å². The maximum absolute atomic E-state index is 12.1. The number of aromatic nitrogens is 4. The van der Waals surface area contributed by atoms with Gasteiger partial charge in [0.05, 0.1) is 11.3 Å². The number of ether oxygens (including phenoxy) is 1. The number of carbonyl (C=O) groups excluding carboxylic acids is 1. The van der Waals surface area contributed by atoms with Gasteiger partial charge in [0.1, 0.15) is 5.75 Å². The standard InChI is InChI=1S/C21H19N5O2S/c1-13-14(2)25-26(15(13)3)19-8-9-20(24-23-19)28-18-6-4-17(5-7-18)22-21(27)16-10-11-29-12-16/h4-12H,1-3H3,(H,22,27). The van der Waals surface area contributed by atoms with E-state index < -0.39 is 0 Å². The fraction of sp³-hybridized carbons (Fsp3) is 0.143. The zero-order valence-electron chi connectivity index (χ0n) is 16.2. The second-order valence-corrected chi connectivity index (χ2v) is 7.31. The van der Waals surface area contributed by atoms with Gasteiger partial charge in [-0.05, 0) is 68.1 Å². The van der Waals surface area contributed by atoms with E-state index in [0.29, 0.717) is 28.7 Å². The van der Waals surface area contributed by atoms with Crippen LogP contribution in [-0.2, 0) is 0 Å². The maximum atomic E-state index is 12.1. The molecule has 4 aromatic rings. The minimum absolute atomic E-state index is 0.138. The molecule has 7 nitrogen and oxygen atoms in total. The molecule has 4 rings (SSSR count). The smallest absolute Gasteiger partial charge is 0.256 e. The Morgan fingerprint density at radius 2 is 1.83 bits per heavy atom. The summed E-state index contributed by atoms with van der Waals surface area (Å²) >= 11 is 1.49. The van der Waals surface area contributed by atoms with Crippen LogP contribution in [0, 0.1) is 20.8 Å². The number of anilines is 1. The van der Waals surface area contributed by atoms with Crippen LogP contribution in [0.3, 0.4) is 0 Å². The molecule has 8 heteroatoms. The highest BCUT2D eigenvalue weighted by Crippen LogP contribution is 2.22. The minimum atomic E-state index is -0.138. The molecule has 1 N–H and O–H groups in total. The maximum Gasteiger partial charge on any atom is 0.256 e. The molecule has 0 aliphatic carbocycles. The quantitative estimate of drug-likeness (QED) is 0.521. The SMILES string of the molecule is Cc1nn(-c2ccc(Oc3ccc(NC(=O)c4ccsc4)cc3)nn2)c(C)c1C. The number of amides is 1. The van der Waals surface area contributed by atoms with E-state index in [9.17, 15) is 4.79 Å². The predicted molar refractivity (Wildman–Crippen MR) is 112 cm³/mol. The lowest BCUT2D eigenvalue weighted by molar-refractivity contribution is 0.102. The summed E-state index contributed by atoms with van der Waals surface area (Å²) in [6.07, 6.45) is 0. The predicted octanol–water partition coefficient (Wildman–Crippen LogP) is 4.69. The van der Waals surface area contributed by atoms with Gasteiger partial charge >= 0.3 is 0 Å². The third-order valence-electron chi connectivity index (χ3n) is 4.61. The van der Waals surface area contributed by atoms with Crippen molar-refractivity contribution < 1.29 is 9.53 Å². The van der Waals surface area contributed by atoms with Crippen LogP contribution in [-0.4, -0.2) is 25.9 Å². The van der Waals surface area contributed by atoms with Crippen molar-refractivity contribution in [2.24, 2.45) is 0 Å². The molecule has 146 valence electrons. The number of carbonyl (C=O) groups is 1. The van der Waals surface area contributed by atoms with Gasteiger partial charge in [-0.15, -0.1) is 10.2 Å². The lowest BCUT2D eigenvalue weighted by atomic mass is 10.2. The summed E-state index contributed by atoms with van der Waals surface area (Å²) in [5.41, 5.74) is 4.47. The summed E-state index contributed by atoms with van der Waals surface area (Å²) in [7, 11) is 0. The van der Waals surface area contributed by atoms with Gasteiger partial charge < -0.3 is 10.1 Å². The van der Waals surface area contributed by atoms with E-state index in [0.717, 1.165) is 17.0 Å². The molecule has 0 aliphatic heterocycles. The van der Waals surface area contributed by atoms with Crippen molar-refractivity contribution in [1.82, 2.24) is 20.0 Å². The Kier molecular flexibility index (Phi) is 5.09. The third-order valence-corrected chi connectivity index (χ3v) is 5.30. The van der Waals surface area contributed by atoms with Crippen LogP contribution in [0.5, 0.6) is 11.6 Å². The van der Waals surface area contributed by atoms with Crippen molar-refractivity contribution in [3.8, 4) is 17.4 Å². The lowest BCUT2D eigenvalue weighted by Crippen LogP contribution is -2.10. The summed E-state index contributed by atoms with van der Waals surface area (Å²) in [6.45, 7) is 6.00. The van der Waals surface area contributed by atoms with Crippen LogP contribution in [0.4, 0.5) is 5.69 Å². The molecule has 0 radical (unpaired) electrons. The van der Waals surface area contributed by atoms with Gasteiger partial charge in [-0.3, -0.25) is 4.79 Å². The number of hydrogen-bond donors (Lipinski definition) is 1. The summed E-state index contributed by atoms with van der Waals surface area (Å²) in [6, 6.07) is 12.4. The van der Waals surface area contributed by atoms with Crippen LogP contribution < -0.4 is 10.1 Å². The van der Waals surface area contributed by atoms with Gasteiger partial charge in [-0.2, -0.15) is 16.4 Å². The molecule has 1 aromatic carbocycles. The molecule has 0 fully saturated rings. The molecule has 0 unspecified atom stereocenters. The first kappa shape index (κ1) is 18.8. The van der Waals surface area contributed by atoms with Crippen molar-refractivity contribution >= 4 is 22.9 Å². The van der Waals surface area contributed by atoms with Crippen molar-refractivity contribution in [3.63, 3.8) is 0 Å². The first-order valence-corrected chi connectivity index (χ1v) is 9.94. The van der Waals surface area contributed by atoms with E-state index in [4.69, 9.17) is 4.74 Å². The van der Waals surface area contributed by atoms with Gasteiger partial charge in [-0.25, -0.2) is 4.68 Å². The molecule has 0 aliphatic rings. The number of aryl methyl sites for hydroxylation is 1. The van der Waals surface area contributed by atoms with Gasteiger partial charge in [0.25, 0.3) is 5.91 Å². The monoisotopic (exact) mass is 405 g/mol. The molecular weight excluding hydrogens is 386 g/mol. The lowest BCUT2D eigenvalue weighted by Gasteiger charge is -2.08. The number of nitrogens with one attached hydrogen (secondary N) is 1. The Balaban J connectivity index is 1.43. The van der Waals surface area contributed by atoms with E-state index in [1.54, 1.807) is 41.1 Å². The van der Waals surface area contributed by atoms with Crippen molar-refractivity contribution in [2.75, 3.05) is 5.32 Å². The van der Waals surface area contributed by atoms with Crippen LogP contribution in [0.2, 0.25) is 0 Å². The molecule has 0 spiro atoms. The molecule has 0 bridgehead atoms. The molecule has 0 saturated heterocycles. The van der Waals surface area contributed by atoms with E-state index in [1.165, 1.54) is 11.3 Å². The van der Waals surface area contributed by atoms with Gasteiger partial charge in [0, 0.05) is 22.8 Å². The second-order valence-electron chi connectivity index (χ2n) is 6.53. The molecule has 1 amide bonds. The largest absolute Gasteiger partial charge is 0.438 e. The first-order chi connectivity index (χ1) is 14.0. The fourth-order valence-corrected chi connectivity index (χ4v) is 3.38. The topological polar surface area (TPSA) is 81.9 Å². The highest BCUT2D eigenvalue weighted by atomic mass is 32.1. The van der Waals surface area contributed by atoms with Crippen LogP contribution in [0.15, 0.2) is 53.2 Å². The number of hydrogen-bond acceptors (Lipinski definition) is 6. The number of benzene rings is 1.